The lowest BCUT2D eigenvalue weighted by Gasteiger charge is -2.19. The van der Waals surface area contributed by atoms with Gasteiger partial charge >= 0.3 is 0 Å². The molecule has 0 spiro atoms. The molecule has 0 aliphatic rings. The zero-order valence-electron chi connectivity index (χ0n) is 11.0. The first-order valence-corrected chi connectivity index (χ1v) is 6.30. The molecule has 0 aliphatic carbocycles. The summed E-state index contributed by atoms with van der Waals surface area (Å²) in [5, 5.41) is 0.364. The number of rotatable bonds is 4. The molecule has 0 aromatic heterocycles. The first-order chi connectivity index (χ1) is 9.99. The Bertz CT molecular complexity index is 667. The van der Waals surface area contributed by atoms with Crippen LogP contribution in [-0.4, -0.2) is 7.11 Å². The molecule has 3 nitrogen and oxygen atoms in total. The van der Waals surface area contributed by atoms with Crippen molar-refractivity contribution in [3.05, 3.63) is 63.9 Å². The first-order valence-electron chi connectivity index (χ1n) is 5.92. The van der Waals surface area contributed by atoms with Crippen LogP contribution in [0.5, 0.6) is 5.75 Å². The molecular weight excluding hydrogens is 305 g/mol. The van der Waals surface area contributed by atoms with E-state index in [1.165, 1.54) is 19.2 Å². The summed E-state index contributed by atoms with van der Waals surface area (Å²) >= 11 is 5.91. The number of hydrogen-bond acceptors (Lipinski definition) is 3. The molecule has 7 heteroatoms. The third-order valence-corrected chi connectivity index (χ3v) is 3.36. The molecule has 0 aliphatic heterocycles. The fraction of sp³-hybridized carbons (Fsp3) is 0.143. The number of halogens is 4. The Balaban J connectivity index is 2.52. The third kappa shape index (κ3) is 2.97. The highest BCUT2D eigenvalue weighted by atomic mass is 35.5. The molecule has 0 amide bonds. The van der Waals surface area contributed by atoms with E-state index in [1.807, 2.05) is 0 Å². The molecule has 2 aromatic rings. The zero-order chi connectivity index (χ0) is 15.6. The van der Waals surface area contributed by atoms with Crippen molar-refractivity contribution in [1.82, 2.24) is 5.43 Å². The van der Waals surface area contributed by atoms with E-state index in [-0.39, 0.29) is 5.56 Å². The number of benzene rings is 2. The minimum absolute atomic E-state index is 0.124. The fourth-order valence-corrected chi connectivity index (χ4v) is 2.18. The van der Waals surface area contributed by atoms with E-state index in [9.17, 15) is 13.2 Å². The Labute approximate surface area is 124 Å². The maximum Gasteiger partial charge on any atom is 0.194 e. The summed E-state index contributed by atoms with van der Waals surface area (Å²) < 4.78 is 45.3. The molecule has 0 saturated heterocycles. The standard InChI is InChI=1S/C14H12ClF3N2O/c1-21-11-6-7(2-4-9(11)15)14(20-19)8-3-5-10(16)13(18)12(8)17/h2-6,14,20H,19H2,1H3. The minimum Gasteiger partial charge on any atom is -0.495 e. The highest BCUT2D eigenvalue weighted by molar-refractivity contribution is 6.32. The van der Waals surface area contributed by atoms with Gasteiger partial charge in [-0.1, -0.05) is 23.7 Å². The molecule has 3 N–H and O–H groups in total. The number of hydrogen-bond donors (Lipinski definition) is 2. The van der Waals surface area contributed by atoms with Gasteiger partial charge in [-0.15, -0.1) is 0 Å². The van der Waals surface area contributed by atoms with Crippen LogP contribution >= 0.6 is 11.6 Å². The van der Waals surface area contributed by atoms with Crippen LogP contribution in [0, 0.1) is 17.5 Å². The van der Waals surface area contributed by atoms with E-state index in [0.717, 1.165) is 12.1 Å². The van der Waals surface area contributed by atoms with Crippen LogP contribution < -0.4 is 16.0 Å². The van der Waals surface area contributed by atoms with Crippen molar-refractivity contribution < 1.29 is 17.9 Å². The summed E-state index contributed by atoms with van der Waals surface area (Å²) in [5.41, 5.74) is 2.73. The number of ether oxygens (including phenoxy) is 1. The molecule has 0 bridgehead atoms. The van der Waals surface area contributed by atoms with Crippen molar-refractivity contribution in [3.8, 4) is 5.75 Å². The van der Waals surface area contributed by atoms with Crippen LogP contribution in [0.2, 0.25) is 5.02 Å². The normalized spacial score (nSPS) is 12.3. The molecule has 112 valence electrons. The summed E-state index contributed by atoms with van der Waals surface area (Å²) in [6, 6.07) is 5.73. The van der Waals surface area contributed by atoms with Gasteiger partial charge in [-0.2, -0.15) is 0 Å². The molecule has 2 rings (SSSR count). The number of nitrogens with one attached hydrogen (secondary N) is 1. The molecule has 1 atom stereocenters. The number of nitrogens with two attached hydrogens (primary N) is 1. The average Bonchev–Trinajstić information content (AvgIpc) is 2.49. The van der Waals surface area contributed by atoms with Gasteiger partial charge in [0, 0.05) is 5.56 Å². The summed E-state index contributed by atoms with van der Waals surface area (Å²) in [6.07, 6.45) is 0. The van der Waals surface area contributed by atoms with Gasteiger partial charge in [0.05, 0.1) is 18.2 Å². The molecule has 0 saturated carbocycles. The summed E-state index contributed by atoms with van der Waals surface area (Å²) in [7, 11) is 1.42. The average molecular weight is 317 g/mol. The van der Waals surface area contributed by atoms with Crippen LogP contribution in [0.25, 0.3) is 0 Å². The van der Waals surface area contributed by atoms with Crippen molar-refractivity contribution in [3.63, 3.8) is 0 Å². The van der Waals surface area contributed by atoms with Gasteiger partial charge in [0.2, 0.25) is 0 Å². The van der Waals surface area contributed by atoms with Gasteiger partial charge in [-0.3, -0.25) is 5.84 Å². The summed E-state index contributed by atoms with van der Waals surface area (Å²) in [6.45, 7) is 0. The molecule has 21 heavy (non-hydrogen) atoms. The van der Waals surface area contributed by atoms with Crippen LogP contribution in [0.1, 0.15) is 17.2 Å². The largest absolute Gasteiger partial charge is 0.495 e. The van der Waals surface area contributed by atoms with Crippen LogP contribution in [0.15, 0.2) is 30.3 Å². The molecule has 0 fully saturated rings. The van der Waals surface area contributed by atoms with Crippen molar-refractivity contribution in [1.29, 1.82) is 0 Å². The van der Waals surface area contributed by atoms with Gasteiger partial charge in [-0.05, 0) is 23.8 Å². The second-order valence-electron chi connectivity index (χ2n) is 4.26. The van der Waals surface area contributed by atoms with Crippen molar-refractivity contribution in [2.75, 3.05) is 7.11 Å². The van der Waals surface area contributed by atoms with Crippen molar-refractivity contribution in [2.24, 2.45) is 5.84 Å². The Hall–Kier alpha value is -1.76. The first kappa shape index (κ1) is 15.6. The van der Waals surface area contributed by atoms with E-state index in [1.54, 1.807) is 6.07 Å². The Morgan fingerprint density at radius 2 is 1.86 bits per heavy atom. The Kier molecular flexibility index (Phi) is 4.72. The van der Waals surface area contributed by atoms with E-state index in [2.05, 4.69) is 5.43 Å². The predicted octanol–water partition coefficient (Wildman–Crippen LogP) is 3.32. The topological polar surface area (TPSA) is 47.3 Å². The molecular formula is C14H12ClF3N2O. The quantitative estimate of drug-likeness (QED) is 0.517. The summed E-state index contributed by atoms with van der Waals surface area (Å²) in [4.78, 5) is 0. The van der Waals surface area contributed by atoms with Crippen molar-refractivity contribution >= 4 is 11.6 Å². The molecule has 0 radical (unpaired) electrons. The SMILES string of the molecule is COc1cc(C(NN)c2ccc(F)c(F)c2F)ccc1Cl. The highest BCUT2D eigenvalue weighted by Crippen LogP contribution is 2.31. The fourth-order valence-electron chi connectivity index (χ4n) is 1.99. The zero-order valence-corrected chi connectivity index (χ0v) is 11.7. The number of hydrazine groups is 1. The lowest BCUT2D eigenvalue weighted by molar-refractivity contribution is 0.413. The van der Waals surface area contributed by atoms with E-state index < -0.39 is 23.5 Å². The maximum atomic E-state index is 13.9. The lowest BCUT2D eigenvalue weighted by atomic mass is 9.98. The third-order valence-electron chi connectivity index (χ3n) is 3.05. The lowest BCUT2D eigenvalue weighted by Crippen LogP contribution is -2.30. The van der Waals surface area contributed by atoms with Gasteiger partial charge in [0.15, 0.2) is 17.5 Å². The van der Waals surface area contributed by atoms with Gasteiger partial charge < -0.3 is 4.74 Å². The Morgan fingerprint density at radius 1 is 1.14 bits per heavy atom. The second-order valence-corrected chi connectivity index (χ2v) is 4.67. The molecule has 0 heterocycles. The highest BCUT2D eigenvalue weighted by Gasteiger charge is 2.22. The number of methoxy groups -OCH3 is 1. The predicted molar refractivity (Wildman–Crippen MR) is 73.5 cm³/mol. The van der Waals surface area contributed by atoms with Crippen LogP contribution in [0.4, 0.5) is 13.2 Å². The van der Waals surface area contributed by atoms with E-state index in [0.29, 0.717) is 16.3 Å². The van der Waals surface area contributed by atoms with Crippen molar-refractivity contribution in [2.45, 2.75) is 6.04 Å². The van der Waals surface area contributed by atoms with Crippen LogP contribution in [-0.2, 0) is 0 Å². The monoisotopic (exact) mass is 316 g/mol. The molecule has 2 aromatic carbocycles. The second kappa shape index (κ2) is 6.34. The van der Waals surface area contributed by atoms with E-state index in [4.69, 9.17) is 22.2 Å². The van der Waals surface area contributed by atoms with Gasteiger partial charge in [0.25, 0.3) is 0 Å². The van der Waals surface area contributed by atoms with Gasteiger partial charge in [-0.25, -0.2) is 18.6 Å². The Morgan fingerprint density at radius 3 is 2.48 bits per heavy atom. The van der Waals surface area contributed by atoms with Gasteiger partial charge in [0.1, 0.15) is 5.75 Å². The van der Waals surface area contributed by atoms with E-state index >= 15 is 0 Å². The molecule has 1 unspecified atom stereocenters. The smallest absolute Gasteiger partial charge is 0.194 e. The summed E-state index contributed by atoms with van der Waals surface area (Å²) in [5.74, 6) is 1.67. The maximum absolute atomic E-state index is 13.9. The van der Waals surface area contributed by atoms with Crippen LogP contribution in [0.3, 0.4) is 0 Å². The minimum atomic E-state index is -1.55.